The summed E-state index contributed by atoms with van der Waals surface area (Å²) in [5, 5.41) is 5.39. The highest BCUT2D eigenvalue weighted by Gasteiger charge is 2.19. The summed E-state index contributed by atoms with van der Waals surface area (Å²) in [4.78, 5) is 0. The predicted octanol–water partition coefficient (Wildman–Crippen LogP) is 7.23. The fraction of sp³-hybridized carbons (Fsp3) is 0.0370. The van der Waals surface area contributed by atoms with Gasteiger partial charge in [0.05, 0.1) is 0 Å². The minimum Gasteiger partial charge on any atom is -0.0622 e. The van der Waals surface area contributed by atoms with E-state index in [0.29, 0.717) is 0 Å². The second kappa shape index (κ2) is 5.56. The van der Waals surface area contributed by atoms with Gasteiger partial charge < -0.3 is 0 Å². The lowest BCUT2D eigenvalue weighted by Gasteiger charge is -2.22. The van der Waals surface area contributed by atoms with Crippen LogP contribution >= 0.6 is 0 Å². The SMILES string of the molecule is c1ccc(-c2cc3c4c(cccc4c2)-c2cc4ccccc4cc2C3)cc1. The Kier molecular flexibility index (Phi) is 3.04. The molecule has 0 bridgehead atoms. The van der Waals surface area contributed by atoms with Crippen LogP contribution in [0, 0.1) is 0 Å². The molecule has 0 heteroatoms. The van der Waals surface area contributed by atoms with Gasteiger partial charge in [-0.15, -0.1) is 0 Å². The van der Waals surface area contributed by atoms with E-state index < -0.39 is 0 Å². The fourth-order valence-electron chi connectivity index (χ4n) is 4.57. The van der Waals surface area contributed by atoms with E-state index in [1.165, 1.54) is 54.9 Å². The first-order chi connectivity index (χ1) is 13.4. The highest BCUT2D eigenvalue weighted by molar-refractivity contribution is 6.05. The Morgan fingerprint density at radius 1 is 0.444 bits per heavy atom. The molecule has 0 N–H and O–H groups in total. The molecule has 5 aromatic carbocycles. The standard InChI is InChI=1S/C27H18/c1-2-7-18(8-3-1)22-14-21-11-6-12-25-26-17-20-10-5-4-9-19(20)13-23(26)16-24(15-22)27(21)25/h1-15,17H,16H2. The Balaban J connectivity index is 1.66. The highest BCUT2D eigenvalue weighted by Crippen LogP contribution is 2.42. The van der Waals surface area contributed by atoms with E-state index in [1.807, 2.05) is 0 Å². The zero-order chi connectivity index (χ0) is 17.8. The maximum Gasteiger partial charge on any atom is -0.00128 e. The molecule has 0 radical (unpaired) electrons. The zero-order valence-corrected chi connectivity index (χ0v) is 14.9. The van der Waals surface area contributed by atoms with Gasteiger partial charge in [0.2, 0.25) is 0 Å². The van der Waals surface area contributed by atoms with Crippen LogP contribution < -0.4 is 0 Å². The van der Waals surface area contributed by atoms with Crippen LogP contribution in [0.1, 0.15) is 11.1 Å². The summed E-state index contributed by atoms with van der Waals surface area (Å²) in [6.07, 6.45) is 0.994. The van der Waals surface area contributed by atoms with Crippen LogP contribution in [0.4, 0.5) is 0 Å². The third-order valence-corrected chi connectivity index (χ3v) is 5.81. The molecular formula is C27H18. The van der Waals surface area contributed by atoms with Gasteiger partial charge in [0, 0.05) is 0 Å². The minimum absolute atomic E-state index is 0.994. The Morgan fingerprint density at radius 3 is 2.04 bits per heavy atom. The molecule has 1 aliphatic carbocycles. The summed E-state index contributed by atoms with van der Waals surface area (Å²) in [7, 11) is 0. The van der Waals surface area contributed by atoms with E-state index in [0.717, 1.165) is 6.42 Å². The summed E-state index contributed by atoms with van der Waals surface area (Å²) in [5.41, 5.74) is 8.21. The van der Waals surface area contributed by atoms with Gasteiger partial charge in [0.1, 0.15) is 0 Å². The van der Waals surface area contributed by atoms with Crippen LogP contribution in [0.15, 0.2) is 97.1 Å². The van der Waals surface area contributed by atoms with Gasteiger partial charge in [-0.2, -0.15) is 0 Å². The average Bonchev–Trinajstić information content (AvgIpc) is 2.73. The first-order valence-corrected chi connectivity index (χ1v) is 9.50. The maximum absolute atomic E-state index is 2.39. The quantitative estimate of drug-likeness (QED) is 0.296. The molecule has 0 saturated carbocycles. The van der Waals surface area contributed by atoms with E-state index in [9.17, 15) is 0 Å². The van der Waals surface area contributed by atoms with E-state index in [4.69, 9.17) is 0 Å². The molecular weight excluding hydrogens is 324 g/mol. The number of benzene rings is 5. The molecule has 0 atom stereocenters. The number of hydrogen-bond acceptors (Lipinski definition) is 0. The summed E-state index contributed by atoms with van der Waals surface area (Å²) < 4.78 is 0. The molecule has 6 rings (SSSR count). The zero-order valence-electron chi connectivity index (χ0n) is 14.9. The van der Waals surface area contributed by atoms with Crippen molar-refractivity contribution in [2.24, 2.45) is 0 Å². The molecule has 0 heterocycles. The molecule has 0 aromatic heterocycles. The van der Waals surface area contributed by atoms with E-state index in [1.54, 1.807) is 0 Å². The number of hydrogen-bond donors (Lipinski definition) is 0. The maximum atomic E-state index is 2.39. The third kappa shape index (κ3) is 2.23. The van der Waals surface area contributed by atoms with Crippen LogP contribution in [-0.2, 0) is 6.42 Å². The Labute approximate surface area is 158 Å². The Bertz CT molecular complexity index is 1330. The molecule has 0 fully saturated rings. The van der Waals surface area contributed by atoms with Gasteiger partial charge in [-0.3, -0.25) is 0 Å². The van der Waals surface area contributed by atoms with Crippen molar-refractivity contribution in [1.82, 2.24) is 0 Å². The van der Waals surface area contributed by atoms with Gasteiger partial charge >= 0.3 is 0 Å². The summed E-state index contributed by atoms with van der Waals surface area (Å²) in [6, 6.07) is 35.6. The Hall–Kier alpha value is -3.38. The van der Waals surface area contributed by atoms with Gasteiger partial charge in [-0.1, -0.05) is 84.9 Å². The van der Waals surface area contributed by atoms with Crippen LogP contribution in [0.25, 0.3) is 43.8 Å². The van der Waals surface area contributed by atoms with Crippen molar-refractivity contribution < 1.29 is 0 Å². The molecule has 1 aliphatic rings. The van der Waals surface area contributed by atoms with Gasteiger partial charge in [0.15, 0.2) is 0 Å². The lowest BCUT2D eigenvalue weighted by molar-refractivity contribution is 1.21. The largest absolute Gasteiger partial charge is 0.0622 e. The van der Waals surface area contributed by atoms with E-state index >= 15 is 0 Å². The van der Waals surface area contributed by atoms with Gasteiger partial charge in [-0.25, -0.2) is 0 Å². The molecule has 126 valence electrons. The van der Waals surface area contributed by atoms with Crippen LogP contribution in [0.3, 0.4) is 0 Å². The van der Waals surface area contributed by atoms with Crippen molar-refractivity contribution in [3.05, 3.63) is 108 Å². The smallest absolute Gasteiger partial charge is 0.00128 e. The average molecular weight is 342 g/mol. The normalized spacial score (nSPS) is 12.3. The summed E-state index contributed by atoms with van der Waals surface area (Å²) in [5.74, 6) is 0. The highest BCUT2D eigenvalue weighted by atomic mass is 14.2. The molecule has 0 nitrogen and oxygen atoms in total. The van der Waals surface area contributed by atoms with Crippen LogP contribution in [0.5, 0.6) is 0 Å². The lowest BCUT2D eigenvalue weighted by Crippen LogP contribution is -2.02. The molecule has 0 spiro atoms. The first kappa shape index (κ1) is 14.8. The fourth-order valence-corrected chi connectivity index (χ4v) is 4.57. The van der Waals surface area contributed by atoms with Crippen molar-refractivity contribution in [3.8, 4) is 22.3 Å². The minimum atomic E-state index is 0.994. The monoisotopic (exact) mass is 342 g/mol. The molecule has 27 heavy (non-hydrogen) atoms. The van der Waals surface area contributed by atoms with Crippen molar-refractivity contribution in [3.63, 3.8) is 0 Å². The molecule has 0 aliphatic heterocycles. The third-order valence-electron chi connectivity index (χ3n) is 5.81. The molecule has 0 amide bonds. The van der Waals surface area contributed by atoms with E-state index in [2.05, 4.69) is 97.1 Å². The van der Waals surface area contributed by atoms with Gasteiger partial charge in [-0.05, 0) is 73.5 Å². The van der Waals surface area contributed by atoms with Crippen molar-refractivity contribution in [2.45, 2.75) is 6.42 Å². The van der Waals surface area contributed by atoms with Crippen LogP contribution in [-0.4, -0.2) is 0 Å². The second-order valence-electron chi connectivity index (χ2n) is 7.44. The number of rotatable bonds is 1. The van der Waals surface area contributed by atoms with Crippen molar-refractivity contribution >= 4 is 21.5 Å². The van der Waals surface area contributed by atoms with Crippen molar-refractivity contribution in [2.75, 3.05) is 0 Å². The topological polar surface area (TPSA) is 0 Å². The summed E-state index contributed by atoms with van der Waals surface area (Å²) in [6.45, 7) is 0. The summed E-state index contributed by atoms with van der Waals surface area (Å²) >= 11 is 0. The molecule has 5 aromatic rings. The van der Waals surface area contributed by atoms with Crippen molar-refractivity contribution in [1.29, 1.82) is 0 Å². The second-order valence-corrected chi connectivity index (χ2v) is 7.44. The van der Waals surface area contributed by atoms with Gasteiger partial charge in [0.25, 0.3) is 0 Å². The molecule has 0 unspecified atom stereocenters. The predicted molar refractivity (Wildman–Crippen MR) is 115 cm³/mol. The number of fused-ring (bicyclic) bond motifs is 3. The lowest BCUT2D eigenvalue weighted by atomic mass is 9.81. The first-order valence-electron chi connectivity index (χ1n) is 9.50. The molecule has 0 saturated heterocycles. The van der Waals surface area contributed by atoms with E-state index in [-0.39, 0.29) is 0 Å². The van der Waals surface area contributed by atoms with Crippen LogP contribution in [0.2, 0.25) is 0 Å². The Morgan fingerprint density at radius 2 is 1.19 bits per heavy atom.